The lowest BCUT2D eigenvalue weighted by molar-refractivity contribution is 0.111. The summed E-state index contributed by atoms with van der Waals surface area (Å²) >= 11 is 1.46. The zero-order chi connectivity index (χ0) is 14.9. The van der Waals surface area contributed by atoms with Gasteiger partial charge in [0.25, 0.3) is 0 Å². The molecule has 1 aromatic carbocycles. The normalized spacial score (nSPS) is 11.1. The average Bonchev–Trinajstić information content (AvgIpc) is 3.27. The number of aromatic amines is 1. The third-order valence-corrected chi connectivity index (χ3v) is 4.29. The van der Waals surface area contributed by atoms with E-state index in [4.69, 9.17) is 0 Å². The van der Waals surface area contributed by atoms with Gasteiger partial charge in [0.1, 0.15) is 5.69 Å². The topological polar surface area (TPSA) is 76.5 Å². The molecule has 4 aromatic rings. The second-order valence-electron chi connectivity index (χ2n) is 4.80. The molecule has 4 rings (SSSR count). The molecule has 0 saturated carbocycles. The Bertz CT molecular complexity index is 938. The maximum atomic E-state index is 11.3. The molecule has 0 fully saturated rings. The number of fused-ring (bicyclic) bond motifs is 1. The molecule has 0 aliphatic rings. The number of rotatable bonds is 4. The molecule has 6 nitrogen and oxygen atoms in total. The van der Waals surface area contributed by atoms with Crippen molar-refractivity contribution in [2.75, 3.05) is 0 Å². The number of benzene rings is 1. The van der Waals surface area contributed by atoms with E-state index in [1.807, 2.05) is 29.8 Å². The van der Waals surface area contributed by atoms with Gasteiger partial charge < -0.3 is 4.98 Å². The van der Waals surface area contributed by atoms with Crippen LogP contribution >= 0.6 is 11.3 Å². The first kappa shape index (κ1) is 12.9. The number of hydrogen-bond acceptors (Lipinski definition) is 5. The standard InChI is InChI=1S/C15H11N5OS/c21-9-13-14(20(19-18-13)15-16-5-6-22-15)7-10-8-17-12-4-2-1-3-11(10)12/h1-6,8-9,17H,7H2. The van der Waals surface area contributed by atoms with Crippen LogP contribution in [0.4, 0.5) is 0 Å². The van der Waals surface area contributed by atoms with Crippen LogP contribution in [0.3, 0.4) is 0 Å². The van der Waals surface area contributed by atoms with Gasteiger partial charge in [0, 0.05) is 35.1 Å². The first-order valence-electron chi connectivity index (χ1n) is 6.71. The van der Waals surface area contributed by atoms with Crippen molar-refractivity contribution < 1.29 is 4.79 Å². The molecule has 0 aliphatic heterocycles. The average molecular weight is 309 g/mol. The van der Waals surface area contributed by atoms with Crippen LogP contribution in [-0.2, 0) is 6.42 Å². The fourth-order valence-corrected chi connectivity index (χ4v) is 3.11. The second kappa shape index (κ2) is 5.19. The zero-order valence-corrected chi connectivity index (χ0v) is 12.2. The molecular weight excluding hydrogens is 298 g/mol. The van der Waals surface area contributed by atoms with Crippen LogP contribution in [-0.4, -0.2) is 31.2 Å². The smallest absolute Gasteiger partial charge is 0.211 e. The first-order valence-corrected chi connectivity index (χ1v) is 7.59. The Labute approximate surface area is 129 Å². The number of aromatic nitrogens is 5. The predicted octanol–water partition coefficient (Wildman–Crippen LogP) is 2.61. The summed E-state index contributed by atoms with van der Waals surface area (Å²) in [6.45, 7) is 0. The molecule has 22 heavy (non-hydrogen) atoms. The van der Waals surface area contributed by atoms with E-state index >= 15 is 0 Å². The van der Waals surface area contributed by atoms with E-state index in [9.17, 15) is 4.79 Å². The summed E-state index contributed by atoms with van der Waals surface area (Å²) in [5, 5.41) is 11.7. The number of thiazole rings is 1. The number of carbonyl (C=O) groups excluding carboxylic acids is 1. The minimum absolute atomic E-state index is 0.348. The summed E-state index contributed by atoms with van der Waals surface area (Å²) in [5.74, 6) is 0. The van der Waals surface area contributed by atoms with Crippen molar-refractivity contribution in [2.45, 2.75) is 6.42 Å². The second-order valence-corrected chi connectivity index (χ2v) is 5.68. The lowest BCUT2D eigenvalue weighted by Crippen LogP contribution is -2.04. The number of H-pyrrole nitrogens is 1. The lowest BCUT2D eigenvalue weighted by atomic mass is 10.1. The number of carbonyl (C=O) groups is 1. The van der Waals surface area contributed by atoms with Crippen molar-refractivity contribution >= 4 is 28.5 Å². The first-order chi connectivity index (χ1) is 10.9. The van der Waals surface area contributed by atoms with E-state index in [0.717, 1.165) is 28.4 Å². The molecule has 0 saturated heterocycles. The molecule has 7 heteroatoms. The Morgan fingerprint density at radius 2 is 2.23 bits per heavy atom. The van der Waals surface area contributed by atoms with Crippen LogP contribution in [0.25, 0.3) is 16.0 Å². The van der Waals surface area contributed by atoms with Gasteiger partial charge in [-0.25, -0.2) is 4.98 Å². The van der Waals surface area contributed by atoms with Gasteiger partial charge in [0.2, 0.25) is 5.13 Å². The molecule has 0 bridgehead atoms. The Balaban J connectivity index is 1.82. The van der Waals surface area contributed by atoms with Crippen LogP contribution in [0.5, 0.6) is 0 Å². The Hall–Kier alpha value is -2.80. The number of hydrogen-bond donors (Lipinski definition) is 1. The van der Waals surface area contributed by atoms with Gasteiger partial charge in [-0.3, -0.25) is 4.79 Å². The van der Waals surface area contributed by atoms with E-state index in [-0.39, 0.29) is 0 Å². The van der Waals surface area contributed by atoms with E-state index in [2.05, 4.69) is 26.3 Å². The maximum Gasteiger partial charge on any atom is 0.211 e. The van der Waals surface area contributed by atoms with Crippen LogP contribution in [0.2, 0.25) is 0 Å². The third kappa shape index (κ3) is 2.03. The molecular formula is C15H11N5OS. The Morgan fingerprint density at radius 1 is 1.32 bits per heavy atom. The van der Waals surface area contributed by atoms with E-state index in [1.54, 1.807) is 10.9 Å². The summed E-state index contributed by atoms with van der Waals surface area (Å²) in [5.41, 5.74) is 3.26. The van der Waals surface area contributed by atoms with Gasteiger partial charge in [0.15, 0.2) is 6.29 Å². The molecule has 0 unspecified atom stereocenters. The SMILES string of the molecule is O=Cc1nnn(-c2nccs2)c1Cc1c[nH]c2ccccc12. The van der Waals surface area contributed by atoms with Gasteiger partial charge in [-0.15, -0.1) is 16.4 Å². The molecule has 0 amide bonds. The Morgan fingerprint density at radius 3 is 3.05 bits per heavy atom. The quantitative estimate of drug-likeness (QED) is 0.588. The monoisotopic (exact) mass is 309 g/mol. The van der Waals surface area contributed by atoms with Crippen LogP contribution < -0.4 is 0 Å². The van der Waals surface area contributed by atoms with Crippen molar-refractivity contribution in [3.63, 3.8) is 0 Å². The largest absolute Gasteiger partial charge is 0.361 e. The van der Waals surface area contributed by atoms with Crippen LogP contribution in [0.15, 0.2) is 42.0 Å². The van der Waals surface area contributed by atoms with Gasteiger partial charge in [-0.2, -0.15) is 4.68 Å². The molecule has 3 heterocycles. The van der Waals surface area contributed by atoms with E-state index in [0.29, 0.717) is 17.2 Å². The van der Waals surface area contributed by atoms with Crippen LogP contribution in [0, 0.1) is 0 Å². The number of aldehydes is 1. The lowest BCUT2D eigenvalue weighted by Gasteiger charge is -2.03. The molecule has 0 atom stereocenters. The van der Waals surface area contributed by atoms with Gasteiger partial charge in [-0.1, -0.05) is 23.4 Å². The molecule has 1 N–H and O–H groups in total. The minimum atomic E-state index is 0.348. The van der Waals surface area contributed by atoms with Crippen molar-refractivity contribution in [1.29, 1.82) is 0 Å². The van der Waals surface area contributed by atoms with Crippen molar-refractivity contribution in [1.82, 2.24) is 25.0 Å². The highest BCUT2D eigenvalue weighted by molar-refractivity contribution is 7.12. The number of nitrogens with one attached hydrogen (secondary N) is 1. The van der Waals surface area contributed by atoms with Gasteiger partial charge in [-0.05, 0) is 11.6 Å². The highest BCUT2D eigenvalue weighted by atomic mass is 32.1. The summed E-state index contributed by atoms with van der Waals surface area (Å²) < 4.78 is 1.64. The minimum Gasteiger partial charge on any atom is -0.361 e. The van der Waals surface area contributed by atoms with Crippen molar-refractivity contribution in [2.24, 2.45) is 0 Å². The molecule has 3 aromatic heterocycles. The third-order valence-electron chi connectivity index (χ3n) is 3.54. The summed E-state index contributed by atoms with van der Waals surface area (Å²) in [7, 11) is 0. The molecule has 0 spiro atoms. The summed E-state index contributed by atoms with van der Waals surface area (Å²) in [4.78, 5) is 18.7. The van der Waals surface area contributed by atoms with Gasteiger partial charge >= 0.3 is 0 Å². The number of nitrogens with zero attached hydrogens (tertiary/aromatic N) is 4. The number of para-hydroxylation sites is 1. The highest BCUT2D eigenvalue weighted by Gasteiger charge is 2.17. The fraction of sp³-hybridized carbons (Fsp3) is 0.0667. The van der Waals surface area contributed by atoms with Crippen LogP contribution in [0.1, 0.15) is 21.7 Å². The summed E-state index contributed by atoms with van der Waals surface area (Å²) in [6.07, 6.45) is 4.96. The highest BCUT2D eigenvalue weighted by Crippen LogP contribution is 2.23. The fourth-order valence-electron chi connectivity index (χ4n) is 2.50. The van der Waals surface area contributed by atoms with E-state index < -0.39 is 0 Å². The van der Waals surface area contributed by atoms with E-state index in [1.165, 1.54) is 11.3 Å². The predicted molar refractivity (Wildman–Crippen MR) is 83.5 cm³/mol. The molecule has 0 radical (unpaired) electrons. The zero-order valence-electron chi connectivity index (χ0n) is 11.4. The summed E-state index contributed by atoms with van der Waals surface area (Å²) in [6, 6.07) is 8.06. The maximum absolute atomic E-state index is 11.3. The van der Waals surface area contributed by atoms with Crippen molar-refractivity contribution in [3.8, 4) is 5.13 Å². The van der Waals surface area contributed by atoms with Gasteiger partial charge in [0.05, 0.1) is 5.69 Å². The Kier molecular flexibility index (Phi) is 3.05. The van der Waals surface area contributed by atoms with Crippen molar-refractivity contribution in [3.05, 3.63) is 59.0 Å². The molecule has 0 aliphatic carbocycles. The molecule has 108 valence electrons.